The minimum Gasteiger partial charge on any atom is -0.465 e. The number of nitrogens with one attached hydrogen (secondary N) is 3. The average Bonchev–Trinajstić information content (AvgIpc) is 1.41. The van der Waals surface area contributed by atoms with Crippen molar-refractivity contribution in [2.24, 2.45) is 31.3 Å². The zero-order valence-electron chi connectivity index (χ0n) is 83.6. The number of aromatic nitrogens is 12. The largest absolute Gasteiger partial charge is 0.465 e. The molecule has 6 aromatic heterocycles. The molecule has 2 saturated carbocycles. The number of nitrogen functional groups attached to an aromatic ring is 1. The number of carbonyl (C=O) groups excluding carboxylic acids is 1. The lowest BCUT2D eigenvalue weighted by molar-refractivity contribution is -0.384. The van der Waals surface area contributed by atoms with Crippen LogP contribution in [-0.2, 0) is 25.4 Å². The quantitative estimate of drug-likeness (QED) is 0.00563. The molecule has 2 fully saturated rings. The molecule has 31 nitrogen and oxygen atoms in total. The van der Waals surface area contributed by atoms with Crippen molar-refractivity contribution in [3.8, 4) is 12.3 Å². The van der Waals surface area contributed by atoms with Gasteiger partial charge in [0.05, 0.1) is 70.5 Å². The van der Waals surface area contributed by atoms with Crippen molar-refractivity contribution in [3.63, 3.8) is 0 Å². The highest BCUT2D eigenvalue weighted by Crippen LogP contribution is 2.46. The summed E-state index contributed by atoms with van der Waals surface area (Å²) in [6.07, 6.45) is 15.1. The first-order chi connectivity index (χ1) is 71.1. The van der Waals surface area contributed by atoms with Gasteiger partial charge >= 0.3 is 5.97 Å². The zero-order chi connectivity index (χ0) is 107. The average molecular weight is 2130 g/mol. The monoisotopic (exact) mass is 2130 g/mol. The molecule has 0 spiro atoms. The normalized spacial score (nSPS) is 15.9. The number of aliphatic imine (C=N–C) groups is 2. The van der Waals surface area contributed by atoms with Crippen molar-refractivity contribution in [3.05, 3.63) is 390 Å². The number of esters is 1. The van der Waals surface area contributed by atoms with E-state index in [9.17, 15) is 26.4 Å². The number of nitro benzene ring substituents is 2. The number of pyridine rings is 1. The predicted molar refractivity (Wildman–Crippen MR) is 590 cm³/mol. The first kappa shape index (κ1) is 107. The summed E-state index contributed by atoms with van der Waals surface area (Å²) in [5.74, 6) is 3.31. The molecule has 6 atom stereocenters. The molecule has 0 radical (unpaired) electrons. The van der Waals surface area contributed by atoms with Crippen LogP contribution in [0.1, 0.15) is 203 Å². The van der Waals surface area contributed by atoms with Crippen LogP contribution >= 0.6 is 81.2 Å². The minimum absolute atomic E-state index is 0. The fourth-order valence-electron chi connectivity index (χ4n) is 15.0. The van der Waals surface area contributed by atoms with E-state index in [1.807, 2.05) is 138 Å². The van der Waals surface area contributed by atoms with E-state index in [1.165, 1.54) is 56.5 Å². The van der Waals surface area contributed by atoms with E-state index < -0.39 is 27.8 Å². The molecule has 0 amide bonds. The number of nitro groups is 2. The van der Waals surface area contributed by atoms with E-state index in [4.69, 9.17) is 129 Å². The van der Waals surface area contributed by atoms with Crippen LogP contribution in [0.3, 0.4) is 0 Å². The zero-order valence-corrected chi connectivity index (χ0v) is 86.9. The fourth-order valence-corrected chi connectivity index (χ4v) is 16.8. The molecule has 0 bridgehead atoms. The molecule has 1 unspecified atom stereocenters. The van der Waals surface area contributed by atoms with E-state index in [2.05, 4.69) is 193 Å². The maximum absolute atomic E-state index is 10.9. The van der Waals surface area contributed by atoms with Crippen molar-refractivity contribution < 1.29 is 31.6 Å². The van der Waals surface area contributed by atoms with Crippen molar-refractivity contribution >= 4 is 177 Å². The molecule has 4 aliphatic rings. The second kappa shape index (κ2) is 50.5. The Morgan fingerprint density at radius 2 is 0.926 bits per heavy atom. The van der Waals surface area contributed by atoms with Crippen molar-refractivity contribution in [2.75, 3.05) is 41.3 Å². The lowest BCUT2D eigenvalue weighted by Gasteiger charge is -2.20. The molecule has 5 N–H and O–H groups in total. The molecule has 16 aromatic rings. The summed E-state index contributed by atoms with van der Waals surface area (Å²) in [5, 5.41) is 48.6. The highest BCUT2D eigenvalue weighted by Gasteiger charge is 2.38. The van der Waals surface area contributed by atoms with E-state index in [1.54, 1.807) is 36.4 Å². The number of terminal acetylenes is 1. The molecule has 2 aliphatic carbocycles. The number of rotatable bonds is 22. The molecule has 2 aliphatic heterocycles. The Hall–Kier alpha value is -14.8. The first-order valence-electron chi connectivity index (χ1n) is 47.6. The number of non-ortho nitro benzene ring substituents is 2. The number of nitrogens with two attached hydrogens (primary N) is 1. The number of hydrogen-bond acceptors (Lipinski definition) is 26. The van der Waals surface area contributed by atoms with Crippen LogP contribution in [0.4, 0.5) is 34.5 Å². The number of halogens is 7. The SMILES string of the molecule is C.CC(C)(C)CNc1ncnc2c(Cl)cc(N)cc12.CC(C)(C)CNc1ncnc2c(Cl)cc([N+](=O)[O-])cc12.O=[N+]([O-])c1cc(Cl)c2ncnc(Cl)c2c1.[2H]C(C#C)(OC(C)=O)c1ccccc1Cl.[2H][C@](Cc1cc(Cl)c2ncnc(NCC(C)(C)C)c2c1)(c1cn(C2CC2)nn1)c1ccccc1Cl.[N-]=[N+]=NC1CC1.c1ccc([C@H]2OC(c3cccc(C4=N[C@@H](c5ccccc5)[C@@H](c5ccccc5)O4)n3)=N[C@H]2c2ccccc2)cc1. The van der Waals surface area contributed by atoms with Crippen LogP contribution in [0.15, 0.2) is 283 Å². The van der Waals surface area contributed by atoms with Crippen LogP contribution in [-0.4, -0.2) is 113 Å². The van der Waals surface area contributed by atoms with Gasteiger partial charge in [-0.15, -0.1) is 11.5 Å². The third-order valence-electron chi connectivity index (χ3n) is 22.4. The number of hydrogen-bond donors (Lipinski definition) is 4. The van der Waals surface area contributed by atoms with E-state index >= 15 is 0 Å². The van der Waals surface area contributed by atoms with E-state index in [0.717, 1.165) is 94.5 Å². The maximum atomic E-state index is 10.9. The molecule has 10 aromatic carbocycles. The summed E-state index contributed by atoms with van der Waals surface area (Å²) in [5.41, 5.74) is 24.6. The molecular formula is C110H108Cl7N23O8. The summed E-state index contributed by atoms with van der Waals surface area (Å²) in [6.45, 7) is 22.6. The van der Waals surface area contributed by atoms with Gasteiger partial charge in [-0.25, -0.2) is 59.5 Å². The Labute approximate surface area is 894 Å². The summed E-state index contributed by atoms with van der Waals surface area (Å²) in [6, 6.07) is 73.8. The van der Waals surface area contributed by atoms with Gasteiger partial charge < -0.3 is 35.9 Å². The van der Waals surface area contributed by atoms with Gasteiger partial charge in [0.1, 0.15) is 71.4 Å². The van der Waals surface area contributed by atoms with Crippen molar-refractivity contribution in [1.82, 2.24) is 59.8 Å². The molecule has 0 saturated heterocycles. The minimum atomic E-state index is -1.86. The van der Waals surface area contributed by atoms with Gasteiger partial charge in [-0.1, -0.05) is 331 Å². The lowest BCUT2D eigenvalue weighted by Crippen LogP contribution is -2.19. The molecule has 20 rings (SSSR count). The number of ether oxygens (including phenoxy) is 3. The van der Waals surface area contributed by atoms with Crippen LogP contribution in [0.25, 0.3) is 54.1 Å². The Morgan fingerprint density at radius 3 is 1.34 bits per heavy atom. The summed E-state index contributed by atoms with van der Waals surface area (Å²) in [7, 11) is 0. The Kier molecular flexibility index (Phi) is 36.7. The summed E-state index contributed by atoms with van der Waals surface area (Å²) < 4.78 is 37.1. The first-order valence-corrected chi connectivity index (χ1v) is 49.3. The van der Waals surface area contributed by atoms with Gasteiger partial charge in [-0.3, -0.25) is 25.0 Å². The van der Waals surface area contributed by atoms with Crippen molar-refractivity contribution in [1.29, 1.82) is 0 Å². The Morgan fingerprint density at radius 1 is 0.527 bits per heavy atom. The molecule has 8 heterocycles. The third kappa shape index (κ3) is 30.2. The van der Waals surface area contributed by atoms with Gasteiger partial charge in [-0.2, -0.15) is 0 Å². The molecule has 38 heteroatoms. The highest BCUT2D eigenvalue weighted by atomic mass is 35.5. The second-order valence-electron chi connectivity index (χ2n) is 37.9. The maximum Gasteiger partial charge on any atom is 0.304 e. The predicted octanol–water partition coefficient (Wildman–Crippen LogP) is 28.8. The number of benzene rings is 10. The van der Waals surface area contributed by atoms with Gasteiger partial charge in [0.2, 0.25) is 11.8 Å². The van der Waals surface area contributed by atoms with Crippen molar-refractivity contribution in [2.45, 2.75) is 157 Å². The smallest absolute Gasteiger partial charge is 0.304 e. The summed E-state index contributed by atoms with van der Waals surface area (Å²) >= 11 is 42.9. The van der Waals surface area contributed by atoms with Gasteiger partial charge in [0, 0.05) is 113 Å². The highest BCUT2D eigenvalue weighted by molar-refractivity contribution is 6.39. The van der Waals surface area contributed by atoms with Crippen LogP contribution in [0.5, 0.6) is 0 Å². The molecule has 760 valence electrons. The number of fused-ring (bicyclic) bond motifs is 4. The lowest BCUT2D eigenvalue weighted by atomic mass is 9.89. The van der Waals surface area contributed by atoms with Crippen LogP contribution < -0.4 is 21.7 Å². The van der Waals surface area contributed by atoms with Crippen LogP contribution in [0.2, 0.25) is 35.3 Å². The molecule has 148 heavy (non-hydrogen) atoms. The van der Waals surface area contributed by atoms with Gasteiger partial charge in [-0.05, 0) is 136 Å². The van der Waals surface area contributed by atoms with Gasteiger partial charge in [0.25, 0.3) is 11.4 Å². The number of nitrogens with zero attached hydrogens (tertiary/aromatic N) is 19. The molecular weight excluding hydrogens is 2020 g/mol. The Balaban J connectivity index is 0.000000154. The standard InChI is InChI=1S/C35H27N3O2.C26H28Cl2N6.C13H15ClN4O2.C13H17ClN4.C11H9ClO2.C8H3Cl2N3O2.C3H5N3.CH4/c1-5-14-24(15-6-1)30-32(26-18-9-3-10-19-26)39-34(37-30)28-22-13-23-29(36-28)35-38-31(25-16-7-2-8-17-25)33(40-35)27-20-11-4-12-21-27;1-26(2,3)14-29-25-20-11-16(12-22(28)24(20)30-15-31-25)10-19(18-6-4-5-7-21(18)27)23-13-34(33-32-23)17-8-9-17;1-13(2,3)6-15-12-9-4-8(18(19)20)5-10(14)11(9)16-7-17-12;1-13(2,3)6-16-12-9-4-8(15)5-10(14)11(9)17-7-18-12;1-3-11(14-8(2)13)9-6-4-5-7-10(9)12;9-6-2-4(13(14)15)1-5-7(6)11-3-12-8(5)10;4-6-5-3-1-2-3;/h1-23,30-33H;4-7,11-13,15,17,19H,8-10,14H2,1-3H3,(H,29,30,31);4-5,7H,6H2,1-3H3,(H,15,16,17);4-5,7H,6,15H2,1-3H3,(H,16,17,18);1,4-7,11H,2H3;1-3H;3H,1-2H2;1H4/t30-,31-,32+,33+;19-;;;;;;/m01....../s1/i;19D;;;11D;;;. The number of anilines is 4. The Bertz CT molecular complexity index is 7550. The van der Waals surface area contributed by atoms with Gasteiger partial charge in [0.15, 0.2) is 18.3 Å². The van der Waals surface area contributed by atoms with E-state index in [-0.39, 0.29) is 80.1 Å². The second-order valence-corrected chi connectivity index (χ2v) is 40.7. The fraction of sp³-hybridized carbons (Fsp3) is 0.273. The summed E-state index contributed by atoms with van der Waals surface area (Å²) in [4.78, 5) is 82.1. The number of carbonyl (C=O) groups is 1. The topological polar surface area (TPSA) is 413 Å². The van der Waals surface area contributed by atoms with E-state index in [0.29, 0.717) is 118 Å². The third-order valence-corrected chi connectivity index (χ3v) is 24.5. The van der Waals surface area contributed by atoms with Crippen LogP contribution in [0, 0.1) is 48.8 Å². The number of azide groups is 1.